The molecule has 3 heteroatoms. The molecule has 0 unspecified atom stereocenters. The van der Waals surface area contributed by atoms with Gasteiger partial charge >= 0.3 is 0 Å². The van der Waals surface area contributed by atoms with Gasteiger partial charge in [-0.05, 0) is 17.8 Å². The van der Waals surface area contributed by atoms with Crippen LogP contribution in [0, 0.1) is 22.7 Å². The second-order valence-electron chi connectivity index (χ2n) is 6.31. The molecule has 0 saturated heterocycles. The Morgan fingerprint density at radius 2 is 1.79 bits per heavy atom. The molecular weight excluding hydrogens is 238 g/mol. The highest BCUT2D eigenvalue weighted by Crippen LogP contribution is 2.22. The number of carbonyl (C=O) groups excluding carboxylic acids is 1. The van der Waals surface area contributed by atoms with Crippen LogP contribution in [0.1, 0.15) is 72.6 Å². The summed E-state index contributed by atoms with van der Waals surface area (Å²) in [7, 11) is 0. The Balaban J connectivity index is 0. The molecule has 1 aliphatic rings. The number of aldehydes is 1. The fourth-order valence-corrected chi connectivity index (χ4v) is 1.68. The fourth-order valence-electron chi connectivity index (χ4n) is 1.68. The zero-order valence-electron chi connectivity index (χ0n) is 13.1. The maximum absolute atomic E-state index is 9.18. The molecule has 1 N–H and O–H groups in total. The Morgan fingerprint density at radius 3 is 1.89 bits per heavy atom. The van der Waals surface area contributed by atoms with Crippen molar-refractivity contribution in [1.29, 1.82) is 5.26 Å². The van der Waals surface area contributed by atoms with E-state index < -0.39 is 0 Å². The first-order chi connectivity index (χ1) is 8.87. The number of nitrogens with zero attached hydrogens (tertiary/aromatic N) is 1. The van der Waals surface area contributed by atoms with Crippen LogP contribution in [0.5, 0.6) is 0 Å². The van der Waals surface area contributed by atoms with Gasteiger partial charge in [0.25, 0.3) is 0 Å². The second kappa shape index (κ2) is 13.5. The van der Waals surface area contributed by atoms with Crippen LogP contribution < -0.4 is 0 Å². The smallest absolute Gasteiger partial charge is 0.134 e. The van der Waals surface area contributed by atoms with Gasteiger partial charge in [0.05, 0.1) is 12.5 Å². The topological polar surface area (TPSA) is 61.1 Å². The normalized spacial score (nSPS) is 15.2. The number of aliphatic hydroxyl groups is 1. The van der Waals surface area contributed by atoms with Crippen LogP contribution in [0.25, 0.3) is 0 Å². The number of hydrogen-bond acceptors (Lipinski definition) is 3. The number of nitriles is 1. The summed E-state index contributed by atoms with van der Waals surface area (Å²) in [5, 5.41) is 16.0. The molecule has 0 spiro atoms. The van der Waals surface area contributed by atoms with E-state index in [-0.39, 0.29) is 6.42 Å². The summed E-state index contributed by atoms with van der Waals surface area (Å²) in [4.78, 5) is 9.18. The molecule has 19 heavy (non-hydrogen) atoms. The van der Waals surface area contributed by atoms with Crippen LogP contribution in [0.3, 0.4) is 0 Å². The molecule has 0 aliphatic heterocycles. The lowest BCUT2D eigenvalue weighted by Crippen LogP contribution is -2.06. The van der Waals surface area contributed by atoms with Gasteiger partial charge < -0.3 is 9.90 Å². The van der Waals surface area contributed by atoms with Crippen LogP contribution in [0.4, 0.5) is 0 Å². The highest BCUT2D eigenvalue weighted by atomic mass is 16.3. The average Bonchev–Trinajstić information content (AvgIpc) is 2.31. The van der Waals surface area contributed by atoms with Crippen LogP contribution in [0.15, 0.2) is 0 Å². The van der Waals surface area contributed by atoms with Crippen molar-refractivity contribution >= 4 is 6.29 Å². The molecule has 0 atom stereocenters. The quantitative estimate of drug-likeness (QED) is 0.768. The summed E-state index contributed by atoms with van der Waals surface area (Å²) in [5.74, 6) is 1.04. The Labute approximate surface area is 119 Å². The summed E-state index contributed by atoms with van der Waals surface area (Å²) >= 11 is 0. The van der Waals surface area contributed by atoms with Crippen LogP contribution >= 0.6 is 0 Å². The van der Waals surface area contributed by atoms with Crippen LogP contribution in [-0.2, 0) is 4.79 Å². The van der Waals surface area contributed by atoms with E-state index in [9.17, 15) is 4.79 Å². The molecule has 112 valence electrons. The third kappa shape index (κ3) is 22.7. The van der Waals surface area contributed by atoms with Crippen molar-refractivity contribution in [3.05, 3.63) is 0 Å². The molecule has 1 aliphatic carbocycles. The third-order valence-electron chi connectivity index (χ3n) is 2.93. The maximum Gasteiger partial charge on any atom is 0.134 e. The molecule has 0 aromatic carbocycles. The van der Waals surface area contributed by atoms with Crippen molar-refractivity contribution in [2.24, 2.45) is 11.3 Å². The lowest BCUT2D eigenvalue weighted by atomic mass is 9.91. The predicted molar refractivity (Wildman–Crippen MR) is 79.7 cm³/mol. The van der Waals surface area contributed by atoms with E-state index in [4.69, 9.17) is 10.4 Å². The lowest BCUT2D eigenvalue weighted by Gasteiger charge is -2.15. The van der Waals surface area contributed by atoms with Gasteiger partial charge in [-0.3, -0.25) is 0 Å². The predicted octanol–water partition coefficient (Wildman–Crippen LogP) is 4.10. The number of carbonyl (C=O) groups is 1. The summed E-state index contributed by atoms with van der Waals surface area (Å²) in [6.07, 6.45) is 8.92. The molecule has 0 aromatic rings. The van der Waals surface area contributed by atoms with Crippen molar-refractivity contribution in [3.8, 4) is 6.07 Å². The highest BCUT2D eigenvalue weighted by Gasteiger charge is 2.07. The Morgan fingerprint density at radius 1 is 1.26 bits per heavy atom. The molecular formula is C16H31NO2. The van der Waals surface area contributed by atoms with Gasteiger partial charge in [-0.25, -0.2) is 0 Å². The molecule has 0 aromatic heterocycles. The van der Waals surface area contributed by atoms with Gasteiger partial charge in [-0.2, -0.15) is 5.26 Å². The minimum Gasteiger partial charge on any atom is -0.396 e. The number of hydrogen-bond donors (Lipinski definition) is 1. The van der Waals surface area contributed by atoms with Crippen molar-refractivity contribution in [1.82, 2.24) is 0 Å². The van der Waals surface area contributed by atoms with Gasteiger partial charge in [0.1, 0.15) is 6.29 Å². The summed E-state index contributed by atoms with van der Waals surface area (Å²) in [5.41, 5.74) is 0.300. The van der Waals surface area contributed by atoms with Crippen molar-refractivity contribution in [2.45, 2.75) is 72.6 Å². The van der Waals surface area contributed by atoms with E-state index in [1.54, 1.807) is 6.07 Å². The Hall–Kier alpha value is -0.880. The Bertz CT molecular complexity index is 232. The minimum atomic E-state index is 0.0139. The first kappa shape index (κ1) is 20.4. The first-order valence-electron chi connectivity index (χ1n) is 7.28. The lowest BCUT2D eigenvalue weighted by molar-refractivity contribution is -0.107. The van der Waals surface area contributed by atoms with Crippen molar-refractivity contribution < 1.29 is 9.90 Å². The summed E-state index contributed by atoms with van der Waals surface area (Å²) in [6.45, 7) is 9.01. The van der Waals surface area contributed by atoms with Crippen molar-refractivity contribution in [2.75, 3.05) is 6.61 Å². The molecule has 0 heterocycles. The Kier molecular flexibility index (Phi) is 14.6. The van der Waals surface area contributed by atoms with Crippen LogP contribution in [-0.4, -0.2) is 18.0 Å². The SMILES string of the molecule is CC(C)(C)CCO.CC1CCCCC1.N#CCC=O. The number of rotatable bonds is 2. The standard InChI is InChI=1S/C7H14.C6H14O.C3H3NO/c1-7-5-3-2-4-6-7;1-6(2,3)4-5-7;4-2-1-3-5/h7H,2-6H2,1H3;7H,4-5H2,1-3H3;3H,1H2. The monoisotopic (exact) mass is 269 g/mol. The van der Waals surface area contributed by atoms with Gasteiger partial charge in [0.15, 0.2) is 0 Å². The highest BCUT2D eigenvalue weighted by molar-refractivity contribution is 5.52. The number of aliphatic hydroxyl groups excluding tert-OH is 1. The first-order valence-corrected chi connectivity index (χ1v) is 7.28. The van der Waals surface area contributed by atoms with E-state index in [1.165, 1.54) is 32.1 Å². The third-order valence-corrected chi connectivity index (χ3v) is 2.93. The van der Waals surface area contributed by atoms with Gasteiger partial charge in [-0.15, -0.1) is 0 Å². The van der Waals surface area contributed by atoms with E-state index in [0.717, 1.165) is 12.3 Å². The second-order valence-corrected chi connectivity index (χ2v) is 6.31. The van der Waals surface area contributed by atoms with Crippen LogP contribution in [0.2, 0.25) is 0 Å². The van der Waals surface area contributed by atoms with E-state index in [2.05, 4.69) is 27.7 Å². The van der Waals surface area contributed by atoms with E-state index in [1.807, 2.05) is 0 Å². The molecule has 1 fully saturated rings. The molecule has 3 nitrogen and oxygen atoms in total. The minimum absolute atomic E-state index is 0.0139. The average molecular weight is 269 g/mol. The molecule has 0 bridgehead atoms. The molecule has 0 amide bonds. The van der Waals surface area contributed by atoms with Gasteiger partial charge in [0.2, 0.25) is 0 Å². The van der Waals surface area contributed by atoms with Crippen molar-refractivity contribution in [3.63, 3.8) is 0 Å². The van der Waals surface area contributed by atoms with Gasteiger partial charge in [-0.1, -0.05) is 59.8 Å². The maximum atomic E-state index is 9.18. The zero-order chi connectivity index (χ0) is 15.1. The van der Waals surface area contributed by atoms with Gasteiger partial charge in [0, 0.05) is 6.61 Å². The molecule has 1 rings (SSSR count). The fraction of sp³-hybridized carbons (Fsp3) is 0.875. The van der Waals surface area contributed by atoms with E-state index >= 15 is 0 Å². The molecule has 1 saturated carbocycles. The summed E-state index contributed by atoms with van der Waals surface area (Å²) < 4.78 is 0. The molecule has 0 radical (unpaired) electrons. The summed E-state index contributed by atoms with van der Waals surface area (Å²) in [6, 6.07) is 1.65. The van der Waals surface area contributed by atoms with E-state index in [0.29, 0.717) is 18.3 Å². The zero-order valence-corrected chi connectivity index (χ0v) is 13.1. The largest absolute Gasteiger partial charge is 0.396 e.